The van der Waals surface area contributed by atoms with Crippen LogP contribution in [-0.2, 0) is 14.8 Å². The molecule has 2 N–H and O–H groups in total. The van der Waals surface area contributed by atoms with Gasteiger partial charge in [-0.3, -0.25) is 9.52 Å². The second-order valence-electron chi connectivity index (χ2n) is 7.32. The highest BCUT2D eigenvalue weighted by Crippen LogP contribution is 2.31. The van der Waals surface area contributed by atoms with Gasteiger partial charge in [0.1, 0.15) is 0 Å². The van der Waals surface area contributed by atoms with E-state index in [2.05, 4.69) is 10.0 Å². The van der Waals surface area contributed by atoms with Crippen molar-refractivity contribution in [1.29, 1.82) is 0 Å². The standard InChI is InChI=1S/C23H21Cl2N3O4S/c24-16-5-7-17(8-6-16)27-33(30,31)18-9-10-22(28-11-13-32-14-12-28)21(15-18)26-23(29)19-3-1-2-4-20(19)25/h1-10,15,27H,11-14H2,(H,26,29). The van der Waals surface area contributed by atoms with Crippen LogP contribution in [-0.4, -0.2) is 40.6 Å². The zero-order chi connectivity index (χ0) is 23.4. The predicted octanol–water partition coefficient (Wildman–Crippen LogP) is 4.88. The molecule has 3 aromatic rings. The number of halogens is 2. The van der Waals surface area contributed by atoms with E-state index in [9.17, 15) is 13.2 Å². The fraction of sp³-hybridized carbons (Fsp3) is 0.174. The summed E-state index contributed by atoms with van der Waals surface area (Å²) >= 11 is 12.1. The summed E-state index contributed by atoms with van der Waals surface area (Å²) in [6.07, 6.45) is 0. The van der Waals surface area contributed by atoms with Gasteiger partial charge in [-0.1, -0.05) is 35.3 Å². The van der Waals surface area contributed by atoms with Gasteiger partial charge in [0.15, 0.2) is 0 Å². The van der Waals surface area contributed by atoms with Gasteiger partial charge in [-0.2, -0.15) is 0 Å². The number of carbonyl (C=O) groups is 1. The molecule has 1 amide bonds. The Morgan fingerprint density at radius 1 is 0.939 bits per heavy atom. The number of carbonyl (C=O) groups excluding carboxylic acids is 1. The van der Waals surface area contributed by atoms with Crippen molar-refractivity contribution >= 4 is 56.2 Å². The van der Waals surface area contributed by atoms with E-state index in [1.54, 1.807) is 54.6 Å². The van der Waals surface area contributed by atoms with Crippen molar-refractivity contribution in [3.8, 4) is 0 Å². The predicted molar refractivity (Wildman–Crippen MR) is 131 cm³/mol. The van der Waals surface area contributed by atoms with Crippen LogP contribution in [0.5, 0.6) is 0 Å². The lowest BCUT2D eigenvalue weighted by atomic mass is 10.2. The molecule has 4 rings (SSSR count). The van der Waals surface area contributed by atoms with E-state index < -0.39 is 15.9 Å². The summed E-state index contributed by atoms with van der Waals surface area (Å²) in [5, 5.41) is 3.63. The van der Waals surface area contributed by atoms with Gasteiger partial charge in [0.2, 0.25) is 0 Å². The van der Waals surface area contributed by atoms with Crippen molar-refractivity contribution < 1.29 is 17.9 Å². The number of anilines is 3. The summed E-state index contributed by atoms with van der Waals surface area (Å²) in [7, 11) is -3.92. The van der Waals surface area contributed by atoms with Gasteiger partial charge in [-0.15, -0.1) is 0 Å². The zero-order valence-electron chi connectivity index (χ0n) is 17.4. The van der Waals surface area contributed by atoms with Gasteiger partial charge in [0.25, 0.3) is 15.9 Å². The molecule has 10 heteroatoms. The Morgan fingerprint density at radius 2 is 1.64 bits per heavy atom. The molecule has 0 unspecified atom stereocenters. The summed E-state index contributed by atoms with van der Waals surface area (Å²) in [5.74, 6) is -0.435. The first-order chi connectivity index (χ1) is 15.8. The van der Waals surface area contributed by atoms with Crippen LogP contribution in [0, 0.1) is 0 Å². The van der Waals surface area contributed by atoms with Gasteiger partial charge >= 0.3 is 0 Å². The second kappa shape index (κ2) is 10.0. The van der Waals surface area contributed by atoms with Crippen molar-refractivity contribution in [2.24, 2.45) is 0 Å². The van der Waals surface area contributed by atoms with Crippen LogP contribution in [0.25, 0.3) is 0 Å². The Balaban J connectivity index is 1.68. The molecule has 1 aliphatic heterocycles. The molecule has 0 bridgehead atoms. The number of hydrogen-bond donors (Lipinski definition) is 2. The lowest BCUT2D eigenvalue weighted by Gasteiger charge is -2.30. The Kier molecular flexibility index (Phi) is 7.09. The minimum atomic E-state index is -3.92. The monoisotopic (exact) mass is 505 g/mol. The van der Waals surface area contributed by atoms with Crippen LogP contribution in [0.2, 0.25) is 10.0 Å². The molecule has 1 aliphatic rings. The Hall–Kier alpha value is -2.78. The molecular formula is C23H21Cl2N3O4S. The molecule has 7 nitrogen and oxygen atoms in total. The fourth-order valence-corrected chi connectivity index (χ4v) is 4.86. The zero-order valence-corrected chi connectivity index (χ0v) is 19.8. The smallest absolute Gasteiger partial charge is 0.261 e. The molecule has 1 heterocycles. The average Bonchev–Trinajstić information content (AvgIpc) is 2.81. The number of hydrogen-bond acceptors (Lipinski definition) is 5. The fourth-order valence-electron chi connectivity index (χ4n) is 3.43. The first-order valence-electron chi connectivity index (χ1n) is 10.1. The van der Waals surface area contributed by atoms with Crippen LogP contribution in [0.15, 0.2) is 71.6 Å². The number of morpholine rings is 1. The van der Waals surface area contributed by atoms with Crippen molar-refractivity contribution in [1.82, 2.24) is 0 Å². The summed E-state index contributed by atoms with van der Waals surface area (Å²) in [4.78, 5) is 15.0. The van der Waals surface area contributed by atoms with Gasteiger partial charge < -0.3 is 15.0 Å². The van der Waals surface area contributed by atoms with Gasteiger partial charge in [-0.05, 0) is 54.6 Å². The minimum Gasteiger partial charge on any atom is -0.378 e. The van der Waals surface area contributed by atoms with Gasteiger partial charge in [0.05, 0.1) is 40.1 Å². The molecule has 0 spiro atoms. The molecule has 172 valence electrons. The van der Waals surface area contributed by atoms with E-state index in [4.69, 9.17) is 27.9 Å². The number of rotatable bonds is 6. The lowest BCUT2D eigenvalue weighted by molar-refractivity contribution is 0.102. The third-order valence-electron chi connectivity index (χ3n) is 5.09. The third kappa shape index (κ3) is 5.59. The summed E-state index contributed by atoms with van der Waals surface area (Å²) in [5.41, 5.74) is 1.72. The average molecular weight is 506 g/mol. The molecule has 1 fully saturated rings. The molecule has 0 aromatic heterocycles. The van der Waals surface area contributed by atoms with Crippen molar-refractivity contribution in [3.05, 3.63) is 82.3 Å². The summed E-state index contributed by atoms with van der Waals surface area (Å²) < 4.78 is 34.0. The van der Waals surface area contributed by atoms with Gasteiger partial charge in [-0.25, -0.2) is 8.42 Å². The summed E-state index contributed by atoms with van der Waals surface area (Å²) in [6, 6.07) is 17.6. The van der Waals surface area contributed by atoms with Crippen LogP contribution < -0.4 is 14.9 Å². The van der Waals surface area contributed by atoms with E-state index >= 15 is 0 Å². The molecule has 33 heavy (non-hydrogen) atoms. The Morgan fingerprint density at radius 3 is 2.33 bits per heavy atom. The molecule has 0 radical (unpaired) electrons. The van der Waals surface area contributed by atoms with Gasteiger partial charge in [0, 0.05) is 23.8 Å². The maximum Gasteiger partial charge on any atom is 0.261 e. The van der Waals surface area contributed by atoms with E-state index in [-0.39, 0.29) is 4.90 Å². The van der Waals surface area contributed by atoms with Crippen LogP contribution in [0.4, 0.5) is 17.1 Å². The molecular weight excluding hydrogens is 485 g/mol. The Bertz CT molecular complexity index is 1260. The number of nitrogens with one attached hydrogen (secondary N) is 2. The first-order valence-corrected chi connectivity index (χ1v) is 12.4. The van der Waals surface area contributed by atoms with Crippen molar-refractivity contribution in [2.75, 3.05) is 41.2 Å². The lowest BCUT2D eigenvalue weighted by Crippen LogP contribution is -2.36. The summed E-state index contributed by atoms with van der Waals surface area (Å²) in [6.45, 7) is 2.31. The van der Waals surface area contributed by atoms with E-state index in [1.807, 2.05) is 4.90 Å². The highest BCUT2D eigenvalue weighted by Gasteiger charge is 2.22. The normalized spacial score (nSPS) is 14.1. The first kappa shape index (κ1) is 23.4. The molecule has 1 saturated heterocycles. The number of benzene rings is 3. The van der Waals surface area contributed by atoms with Crippen molar-refractivity contribution in [2.45, 2.75) is 4.90 Å². The Labute approximate surface area is 202 Å². The maximum absolute atomic E-state index is 13.0. The molecule has 0 atom stereocenters. The number of ether oxygens (including phenoxy) is 1. The molecule has 0 aliphatic carbocycles. The second-order valence-corrected chi connectivity index (χ2v) is 9.85. The quantitative estimate of drug-likeness (QED) is 0.498. The minimum absolute atomic E-state index is 0.00363. The van der Waals surface area contributed by atoms with Crippen LogP contribution in [0.1, 0.15) is 10.4 Å². The number of amides is 1. The van der Waals surface area contributed by atoms with E-state index in [1.165, 1.54) is 12.1 Å². The van der Waals surface area contributed by atoms with Crippen molar-refractivity contribution in [3.63, 3.8) is 0 Å². The van der Waals surface area contributed by atoms with Crippen LogP contribution >= 0.6 is 23.2 Å². The third-order valence-corrected chi connectivity index (χ3v) is 7.05. The topological polar surface area (TPSA) is 87.7 Å². The highest BCUT2D eigenvalue weighted by atomic mass is 35.5. The molecule has 3 aromatic carbocycles. The van der Waals surface area contributed by atoms with E-state index in [0.717, 1.165) is 0 Å². The largest absolute Gasteiger partial charge is 0.378 e. The molecule has 0 saturated carbocycles. The number of nitrogens with zero attached hydrogens (tertiary/aromatic N) is 1. The number of sulfonamides is 1. The maximum atomic E-state index is 13.0. The SMILES string of the molecule is O=C(Nc1cc(S(=O)(=O)Nc2ccc(Cl)cc2)ccc1N1CCOCC1)c1ccccc1Cl. The van der Waals surface area contributed by atoms with Crippen LogP contribution in [0.3, 0.4) is 0 Å². The highest BCUT2D eigenvalue weighted by molar-refractivity contribution is 7.92. The van der Waals surface area contributed by atoms with E-state index in [0.29, 0.717) is 59.0 Å².